The van der Waals surface area contributed by atoms with Crippen LogP contribution in [0.5, 0.6) is 0 Å². The topological polar surface area (TPSA) is 18.5 Å². The van der Waals surface area contributed by atoms with Gasteiger partial charge in [-0.1, -0.05) is 124 Å². The number of benzene rings is 2. The van der Waals surface area contributed by atoms with Crippen molar-refractivity contribution in [2.45, 2.75) is 44.7 Å². The van der Waals surface area contributed by atoms with Crippen molar-refractivity contribution in [3.8, 4) is 0 Å². The third-order valence-corrected chi connectivity index (χ3v) is 7.46. The molecule has 2 aliphatic rings. The summed E-state index contributed by atoms with van der Waals surface area (Å²) in [7, 11) is 0. The first-order chi connectivity index (χ1) is 12.4. The highest BCUT2D eigenvalue weighted by molar-refractivity contribution is 9.26. The quantitative estimate of drug-likeness (QED) is 0.330. The summed E-state index contributed by atoms with van der Waals surface area (Å²) in [4.78, 5) is 0. The summed E-state index contributed by atoms with van der Waals surface area (Å²) in [5.74, 6) is 0. The Bertz CT molecular complexity index is 630. The van der Waals surface area contributed by atoms with Crippen molar-refractivity contribution >= 4 is 63.7 Å². The molecule has 2 nitrogen and oxygen atoms in total. The van der Waals surface area contributed by atoms with E-state index in [0.717, 1.165) is 12.8 Å². The molecule has 0 spiro atoms. The summed E-state index contributed by atoms with van der Waals surface area (Å²) in [6.07, 6.45) is 2.71. The molecule has 0 aromatic heterocycles. The van der Waals surface area contributed by atoms with Gasteiger partial charge in [0.15, 0.2) is 0 Å². The first-order valence-electron chi connectivity index (χ1n) is 8.43. The van der Waals surface area contributed by atoms with Gasteiger partial charge in [-0.3, -0.25) is 0 Å². The van der Waals surface area contributed by atoms with E-state index in [1.54, 1.807) is 0 Å². The lowest BCUT2D eigenvalue weighted by Gasteiger charge is -2.03. The van der Waals surface area contributed by atoms with Crippen LogP contribution in [0.4, 0.5) is 0 Å². The van der Waals surface area contributed by atoms with Crippen molar-refractivity contribution < 1.29 is 9.47 Å². The molecule has 0 heterocycles. The highest BCUT2D eigenvalue weighted by Gasteiger charge is 2.52. The van der Waals surface area contributed by atoms with E-state index in [-0.39, 0.29) is 6.47 Å². The molecule has 2 aliphatic carbocycles. The van der Waals surface area contributed by atoms with Gasteiger partial charge < -0.3 is 9.47 Å². The van der Waals surface area contributed by atoms with E-state index in [0.29, 0.717) is 25.4 Å². The Labute approximate surface area is 188 Å². The van der Waals surface area contributed by atoms with Crippen LogP contribution in [0.25, 0.3) is 0 Å². The molecule has 6 heteroatoms. The Hall–Kier alpha value is 0.280. The fourth-order valence-corrected chi connectivity index (χ4v) is 3.99. The molecule has 4 rings (SSSR count). The van der Waals surface area contributed by atoms with Crippen LogP contribution in [0.3, 0.4) is 0 Å². The van der Waals surface area contributed by atoms with E-state index in [1.165, 1.54) is 11.1 Å². The zero-order valence-electron chi connectivity index (χ0n) is 14.1. The standard InChI is InChI=1S/2C10H10Br2O/c2*11-10(12)6-9(10)13-7-8-4-2-1-3-5-8/h2*1-5,9H,6-7H2. The molecule has 2 fully saturated rings. The fourth-order valence-electron chi connectivity index (χ4n) is 2.28. The molecule has 0 radical (unpaired) electrons. The normalized spacial score (nSPS) is 24.3. The minimum absolute atomic E-state index is 0.0504. The smallest absolute Gasteiger partial charge is 0.109 e. The van der Waals surface area contributed by atoms with Crippen molar-refractivity contribution in [2.24, 2.45) is 0 Å². The van der Waals surface area contributed by atoms with Crippen LogP contribution in [0.1, 0.15) is 24.0 Å². The first-order valence-corrected chi connectivity index (χ1v) is 11.6. The van der Waals surface area contributed by atoms with Gasteiger partial charge >= 0.3 is 0 Å². The number of hydrogen-bond donors (Lipinski definition) is 0. The number of hydrogen-bond acceptors (Lipinski definition) is 2. The van der Waals surface area contributed by atoms with E-state index in [4.69, 9.17) is 9.47 Å². The van der Waals surface area contributed by atoms with Gasteiger partial charge in [-0.25, -0.2) is 0 Å². The molecule has 0 N–H and O–H groups in total. The van der Waals surface area contributed by atoms with Crippen molar-refractivity contribution in [1.82, 2.24) is 0 Å². The number of alkyl halides is 4. The van der Waals surface area contributed by atoms with E-state index in [2.05, 4.69) is 88.0 Å². The van der Waals surface area contributed by atoms with Crippen LogP contribution in [0, 0.1) is 0 Å². The van der Waals surface area contributed by atoms with Crippen LogP contribution in [-0.2, 0) is 22.7 Å². The highest BCUT2D eigenvalue weighted by Crippen LogP contribution is 2.53. The fraction of sp³-hybridized carbons (Fsp3) is 0.400. The molecule has 2 saturated carbocycles. The molecule has 26 heavy (non-hydrogen) atoms. The van der Waals surface area contributed by atoms with Gasteiger partial charge in [0.2, 0.25) is 0 Å². The van der Waals surface area contributed by atoms with Crippen LogP contribution in [0.2, 0.25) is 0 Å². The molecule has 2 unspecified atom stereocenters. The number of rotatable bonds is 6. The molecule has 2 aromatic rings. The van der Waals surface area contributed by atoms with Gasteiger partial charge in [-0.15, -0.1) is 0 Å². The van der Waals surface area contributed by atoms with Crippen LogP contribution < -0.4 is 0 Å². The van der Waals surface area contributed by atoms with Gasteiger partial charge in [0.1, 0.15) is 6.47 Å². The minimum atomic E-state index is 0.0504. The third kappa shape index (κ3) is 6.71. The second-order valence-corrected chi connectivity index (χ2v) is 14.3. The highest BCUT2D eigenvalue weighted by atomic mass is 79.9. The molecule has 140 valence electrons. The molecule has 0 bridgehead atoms. The summed E-state index contributed by atoms with van der Waals surface area (Å²) in [5, 5.41) is 0. The summed E-state index contributed by atoms with van der Waals surface area (Å²) < 4.78 is 11.4. The lowest BCUT2D eigenvalue weighted by atomic mass is 10.2. The molecule has 0 amide bonds. The lowest BCUT2D eigenvalue weighted by Crippen LogP contribution is -2.01. The lowest BCUT2D eigenvalue weighted by molar-refractivity contribution is 0.106. The Balaban J connectivity index is 0.000000151. The molecular weight excluding hydrogens is 592 g/mol. The number of halogens is 4. The SMILES string of the molecule is BrC1(Br)CC1OCc1ccccc1.BrC1(Br)CC1OCc1ccccc1. The Morgan fingerprint density at radius 1 is 0.654 bits per heavy atom. The zero-order valence-corrected chi connectivity index (χ0v) is 20.4. The molecule has 2 aromatic carbocycles. The summed E-state index contributed by atoms with van der Waals surface area (Å²) in [6, 6.07) is 20.4. The Kier molecular flexibility index (Phi) is 7.42. The zero-order chi connectivity index (χ0) is 18.6. The second kappa shape index (κ2) is 9.19. The van der Waals surface area contributed by atoms with Crippen molar-refractivity contribution in [1.29, 1.82) is 0 Å². The Morgan fingerprint density at radius 3 is 1.23 bits per heavy atom. The van der Waals surface area contributed by atoms with Gasteiger partial charge in [0, 0.05) is 12.8 Å². The van der Waals surface area contributed by atoms with Crippen molar-refractivity contribution in [2.75, 3.05) is 0 Å². The predicted octanol–water partition coefficient (Wildman–Crippen LogP) is 6.92. The predicted molar refractivity (Wildman–Crippen MR) is 120 cm³/mol. The van der Waals surface area contributed by atoms with E-state index < -0.39 is 0 Å². The average Bonchev–Trinajstić information content (AvgIpc) is 3.46. The van der Waals surface area contributed by atoms with Crippen molar-refractivity contribution in [3.63, 3.8) is 0 Å². The van der Waals surface area contributed by atoms with Crippen LogP contribution >= 0.6 is 63.7 Å². The second-order valence-electron chi connectivity index (χ2n) is 6.50. The van der Waals surface area contributed by atoms with Gasteiger partial charge in [0.25, 0.3) is 0 Å². The maximum atomic E-state index is 5.66. The monoisotopic (exact) mass is 608 g/mol. The molecule has 2 atom stereocenters. The maximum Gasteiger partial charge on any atom is 0.109 e. The third-order valence-electron chi connectivity index (χ3n) is 4.12. The van der Waals surface area contributed by atoms with Gasteiger partial charge in [0.05, 0.1) is 25.4 Å². The molecular formula is C20H20Br4O2. The Morgan fingerprint density at radius 2 is 0.962 bits per heavy atom. The van der Waals surface area contributed by atoms with E-state index in [1.807, 2.05) is 36.4 Å². The van der Waals surface area contributed by atoms with Gasteiger partial charge in [-0.05, 0) is 11.1 Å². The number of ether oxygens (including phenoxy) is 2. The largest absolute Gasteiger partial charge is 0.371 e. The summed E-state index contributed by atoms with van der Waals surface area (Å²) in [5.41, 5.74) is 2.45. The van der Waals surface area contributed by atoms with Crippen molar-refractivity contribution in [3.05, 3.63) is 71.8 Å². The summed E-state index contributed by atoms with van der Waals surface area (Å²) >= 11 is 14.1. The maximum absolute atomic E-state index is 5.66. The summed E-state index contributed by atoms with van der Waals surface area (Å²) in [6.45, 7) is 1.40. The molecule has 0 saturated heterocycles. The first kappa shape index (κ1) is 21.0. The average molecular weight is 612 g/mol. The van der Waals surface area contributed by atoms with E-state index >= 15 is 0 Å². The minimum Gasteiger partial charge on any atom is -0.371 e. The molecule has 0 aliphatic heterocycles. The van der Waals surface area contributed by atoms with Gasteiger partial charge in [-0.2, -0.15) is 0 Å². The van der Waals surface area contributed by atoms with Crippen LogP contribution in [-0.4, -0.2) is 18.7 Å². The van der Waals surface area contributed by atoms with Crippen LogP contribution in [0.15, 0.2) is 60.7 Å². The van der Waals surface area contributed by atoms with E-state index in [9.17, 15) is 0 Å².